The molecule has 1 aliphatic rings. The zero-order chi connectivity index (χ0) is 16.4. The van der Waals surface area contributed by atoms with Crippen molar-refractivity contribution in [2.45, 2.75) is 25.3 Å². The number of thiazole rings is 1. The number of aliphatic carboxylic acids is 1. The van der Waals surface area contributed by atoms with Crippen LogP contribution >= 0.6 is 11.3 Å². The molecule has 2 aromatic rings. The summed E-state index contributed by atoms with van der Waals surface area (Å²) in [6.45, 7) is 0.445. The molecule has 1 fully saturated rings. The number of likely N-dealkylation sites (tertiary alicyclic amines) is 1. The Hall–Kier alpha value is -2.28. The third kappa shape index (κ3) is 3.39. The summed E-state index contributed by atoms with van der Waals surface area (Å²) in [4.78, 5) is 29.3. The molecule has 0 aliphatic carbocycles. The molecule has 1 aliphatic heterocycles. The van der Waals surface area contributed by atoms with Gasteiger partial charge in [-0.15, -0.1) is 11.3 Å². The molecule has 2 heterocycles. The molecule has 1 amide bonds. The minimum atomic E-state index is -0.974. The summed E-state index contributed by atoms with van der Waals surface area (Å²) >= 11 is 1.35. The van der Waals surface area contributed by atoms with Gasteiger partial charge in [0, 0.05) is 18.3 Å². The van der Waals surface area contributed by atoms with Gasteiger partial charge in [0.25, 0.3) is 5.91 Å². The maximum Gasteiger partial charge on any atom is 0.326 e. The van der Waals surface area contributed by atoms with Gasteiger partial charge in [0.1, 0.15) is 17.6 Å². The number of benzene rings is 1. The third-order valence-corrected chi connectivity index (χ3v) is 4.69. The van der Waals surface area contributed by atoms with E-state index in [1.165, 1.54) is 28.4 Å². The van der Waals surface area contributed by atoms with Crippen LogP contribution in [0, 0.1) is 5.82 Å². The largest absolute Gasteiger partial charge is 0.480 e. The standard InChI is InChI=1S/C16H15FN2O3S/c17-11-5-3-10(4-6-11)8-14-18-12(9-23-14)15(20)19-7-1-2-13(19)16(21)22/h3-6,9,13H,1-2,7-8H2,(H,21,22)/t13-/m1/s1. The number of carboxylic acid groups (broad SMARTS) is 1. The minimum Gasteiger partial charge on any atom is -0.480 e. The van der Waals surface area contributed by atoms with Gasteiger partial charge in [-0.25, -0.2) is 14.2 Å². The van der Waals surface area contributed by atoms with Crippen LogP contribution in [-0.2, 0) is 11.2 Å². The number of nitrogens with zero attached hydrogens (tertiary/aromatic N) is 2. The molecule has 1 saturated heterocycles. The van der Waals surface area contributed by atoms with E-state index in [4.69, 9.17) is 5.11 Å². The number of carbonyl (C=O) groups is 2. The SMILES string of the molecule is O=C(O)[C@H]1CCCN1C(=O)c1csc(Cc2ccc(F)cc2)n1. The lowest BCUT2D eigenvalue weighted by atomic mass is 10.1. The van der Waals surface area contributed by atoms with Crippen molar-refractivity contribution in [3.05, 3.63) is 51.7 Å². The molecular weight excluding hydrogens is 319 g/mol. The van der Waals surface area contributed by atoms with Crippen LogP contribution < -0.4 is 0 Å². The second-order valence-corrected chi connectivity index (χ2v) is 6.37. The summed E-state index contributed by atoms with van der Waals surface area (Å²) in [6, 6.07) is 5.37. The van der Waals surface area contributed by atoms with Gasteiger partial charge in [0.2, 0.25) is 0 Å². The van der Waals surface area contributed by atoms with Crippen molar-refractivity contribution in [2.75, 3.05) is 6.54 Å². The molecule has 5 nitrogen and oxygen atoms in total. The molecule has 1 aromatic heterocycles. The average molecular weight is 334 g/mol. The van der Waals surface area contributed by atoms with Gasteiger partial charge in [0.15, 0.2) is 0 Å². The molecule has 0 radical (unpaired) electrons. The molecule has 0 saturated carbocycles. The van der Waals surface area contributed by atoms with Crippen molar-refractivity contribution in [3.8, 4) is 0 Å². The first-order chi connectivity index (χ1) is 11.0. The van der Waals surface area contributed by atoms with Crippen molar-refractivity contribution in [2.24, 2.45) is 0 Å². The summed E-state index contributed by atoms with van der Waals surface area (Å²) in [5.41, 5.74) is 1.18. The van der Waals surface area contributed by atoms with Crippen LogP contribution in [0.1, 0.15) is 33.9 Å². The van der Waals surface area contributed by atoms with Crippen molar-refractivity contribution < 1.29 is 19.1 Å². The predicted octanol–water partition coefficient (Wildman–Crippen LogP) is 2.56. The lowest BCUT2D eigenvalue weighted by Crippen LogP contribution is -2.40. The topological polar surface area (TPSA) is 70.5 Å². The second kappa shape index (κ2) is 6.45. The molecule has 120 valence electrons. The Labute approximate surface area is 136 Å². The summed E-state index contributed by atoms with van der Waals surface area (Å²) < 4.78 is 12.9. The van der Waals surface area contributed by atoms with E-state index in [-0.39, 0.29) is 17.4 Å². The van der Waals surface area contributed by atoms with Crippen molar-refractivity contribution >= 4 is 23.2 Å². The fourth-order valence-corrected chi connectivity index (χ4v) is 3.48. The number of amides is 1. The molecule has 3 rings (SSSR count). The lowest BCUT2D eigenvalue weighted by molar-refractivity contribution is -0.141. The zero-order valence-corrected chi connectivity index (χ0v) is 13.1. The van der Waals surface area contributed by atoms with Gasteiger partial charge in [-0.2, -0.15) is 0 Å². The van der Waals surface area contributed by atoms with Gasteiger partial charge in [-0.3, -0.25) is 4.79 Å². The number of hydrogen-bond acceptors (Lipinski definition) is 4. The van der Waals surface area contributed by atoms with E-state index in [0.29, 0.717) is 25.8 Å². The number of carbonyl (C=O) groups excluding carboxylic acids is 1. The summed E-state index contributed by atoms with van der Waals surface area (Å²) in [6.07, 6.45) is 1.68. The molecular formula is C16H15FN2O3S. The van der Waals surface area contributed by atoms with Gasteiger partial charge < -0.3 is 10.0 Å². The summed E-state index contributed by atoms with van der Waals surface area (Å²) in [7, 11) is 0. The van der Waals surface area contributed by atoms with Crippen molar-refractivity contribution in [1.82, 2.24) is 9.88 Å². The first-order valence-electron chi connectivity index (χ1n) is 7.27. The Balaban J connectivity index is 1.72. The van der Waals surface area contributed by atoms with E-state index in [2.05, 4.69) is 4.98 Å². The molecule has 0 spiro atoms. The first-order valence-corrected chi connectivity index (χ1v) is 8.15. The number of rotatable bonds is 4. The zero-order valence-electron chi connectivity index (χ0n) is 12.2. The Morgan fingerprint density at radius 3 is 2.78 bits per heavy atom. The van der Waals surface area contributed by atoms with Gasteiger partial charge in [-0.1, -0.05) is 12.1 Å². The fourth-order valence-electron chi connectivity index (χ4n) is 2.68. The van der Waals surface area contributed by atoms with E-state index in [1.54, 1.807) is 17.5 Å². The molecule has 23 heavy (non-hydrogen) atoms. The number of carboxylic acids is 1. The summed E-state index contributed by atoms with van der Waals surface area (Å²) in [5.74, 6) is -1.60. The smallest absolute Gasteiger partial charge is 0.326 e. The Bertz CT molecular complexity index is 729. The van der Waals surface area contributed by atoms with Crippen LogP contribution in [0.15, 0.2) is 29.6 Å². The Morgan fingerprint density at radius 1 is 1.35 bits per heavy atom. The van der Waals surface area contributed by atoms with Gasteiger partial charge >= 0.3 is 5.97 Å². The highest BCUT2D eigenvalue weighted by Gasteiger charge is 2.35. The number of hydrogen-bond donors (Lipinski definition) is 1. The number of aromatic nitrogens is 1. The van der Waals surface area contributed by atoms with Crippen LogP contribution in [0.2, 0.25) is 0 Å². The third-order valence-electron chi connectivity index (χ3n) is 3.84. The summed E-state index contributed by atoms with van der Waals surface area (Å²) in [5, 5.41) is 11.6. The molecule has 7 heteroatoms. The molecule has 1 atom stereocenters. The van der Waals surface area contributed by atoms with E-state index >= 15 is 0 Å². The fraction of sp³-hybridized carbons (Fsp3) is 0.312. The Morgan fingerprint density at radius 2 is 2.09 bits per heavy atom. The van der Waals surface area contributed by atoms with Crippen LogP contribution in [0.5, 0.6) is 0 Å². The highest BCUT2D eigenvalue weighted by molar-refractivity contribution is 7.09. The quantitative estimate of drug-likeness (QED) is 0.933. The maximum absolute atomic E-state index is 12.9. The van der Waals surface area contributed by atoms with E-state index in [0.717, 1.165) is 10.6 Å². The second-order valence-electron chi connectivity index (χ2n) is 5.42. The van der Waals surface area contributed by atoms with E-state index in [1.807, 2.05) is 0 Å². The average Bonchev–Trinajstić information content (AvgIpc) is 3.18. The van der Waals surface area contributed by atoms with E-state index in [9.17, 15) is 14.0 Å². The van der Waals surface area contributed by atoms with Gasteiger partial charge in [-0.05, 0) is 30.5 Å². The molecule has 1 N–H and O–H groups in total. The van der Waals surface area contributed by atoms with Crippen LogP contribution in [0.3, 0.4) is 0 Å². The van der Waals surface area contributed by atoms with Crippen LogP contribution in [-0.4, -0.2) is 39.5 Å². The van der Waals surface area contributed by atoms with Gasteiger partial charge in [0.05, 0.1) is 5.01 Å². The van der Waals surface area contributed by atoms with Crippen molar-refractivity contribution in [3.63, 3.8) is 0 Å². The highest BCUT2D eigenvalue weighted by atomic mass is 32.1. The van der Waals surface area contributed by atoms with E-state index < -0.39 is 12.0 Å². The molecule has 0 unspecified atom stereocenters. The Kier molecular flexibility index (Phi) is 4.38. The maximum atomic E-state index is 12.9. The highest BCUT2D eigenvalue weighted by Crippen LogP contribution is 2.22. The normalized spacial score (nSPS) is 17.4. The lowest BCUT2D eigenvalue weighted by Gasteiger charge is -2.20. The predicted molar refractivity (Wildman–Crippen MR) is 83.0 cm³/mol. The molecule has 0 bridgehead atoms. The first kappa shape index (κ1) is 15.6. The molecule has 1 aromatic carbocycles. The minimum absolute atomic E-state index is 0.278. The monoisotopic (exact) mass is 334 g/mol. The van der Waals surface area contributed by atoms with Crippen LogP contribution in [0.4, 0.5) is 4.39 Å². The number of halogens is 1. The van der Waals surface area contributed by atoms with Crippen LogP contribution in [0.25, 0.3) is 0 Å². The van der Waals surface area contributed by atoms with Crippen molar-refractivity contribution in [1.29, 1.82) is 0 Å².